The van der Waals surface area contributed by atoms with E-state index in [-0.39, 0.29) is 28.3 Å². The van der Waals surface area contributed by atoms with Crippen LogP contribution in [0.2, 0.25) is 0 Å². The Morgan fingerprint density at radius 3 is 2.59 bits per heavy atom. The molecule has 0 radical (unpaired) electrons. The summed E-state index contributed by atoms with van der Waals surface area (Å²) in [6, 6.07) is 7.57. The van der Waals surface area contributed by atoms with Gasteiger partial charge in [0.1, 0.15) is 28.7 Å². The smallest absolute Gasteiger partial charge is 0.382 e. The highest BCUT2D eigenvalue weighted by molar-refractivity contribution is 5.95. The van der Waals surface area contributed by atoms with Crippen LogP contribution in [0.25, 0.3) is 16.8 Å². The minimum Gasteiger partial charge on any atom is -0.382 e. The van der Waals surface area contributed by atoms with Gasteiger partial charge in [0.05, 0.1) is 5.56 Å². The van der Waals surface area contributed by atoms with Crippen LogP contribution in [-0.4, -0.2) is 25.4 Å². The van der Waals surface area contributed by atoms with Crippen LogP contribution < -0.4 is 11.1 Å². The molecule has 0 aliphatic carbocycles. The average Bonchev–Trinajstić information content (AvgIpc) is 3.13. The number of aromatic nitrogens is 3. The number of aliphatic hydroxyl groups excluding tert-OH is 1. The quantitative estimate of drug-likeness (QED) is 0.381. The Hall–Kier alpha value is -3.99. The molecule has 4 N–H and O–H groups in total. The van der Waals surface area contributed by atoms with Crippen LogP contribution in [-0.2, 0) is 11.0 Å². The lowest BCUT2D eigenvalue weighted by Gasteiger charge is -2.14. The van der Waals surface area contributed by atoms with Crippen LogP contribution in [0.15, 0.2) is 48.7 Å². The molecule has 0 fully saturated rings. The number of alkyl halides is 3. The minimum absolute atomic E-state index is 0.000194. The number of imidazole rings is 1. The number of aliphatic hydroxyl groups is 1. The lowest BCUT2D eigenvalue weighted by Crippen LogP contribution is -2.21. The van der Waals surface area contributed by atoms with Gasteiger partial charge in [-0.2, -0.15) is 13.2 Å². The zero-order valence-corrected chi connectivity index (χ0v) is 18.0. The second kappa shape index (κ2) is 8.41. The molecule has 1 atom stereocenters. The summed E-state index contributed by atoms with van der Waals surface area (Å²) in [6.45, 7) is 3.55. The fraction of sp³-hybridized carbons (Fsp3) is 0.174. The highest BCUT2D eigenvalue weighted by Crippen LogP contribution is 2.33. The van der Waals surface area contributed by atoms with E-state index in [0.717, 1.165) is 23.9 Å². The number of halogens is 4. The van der Waals surface area contributed by atoms with Crippen molar-refractivity contribution in [3.05, 3.63) is 77.1 Å². The van der Waals surface area contributed by atoms with E-state index in [1.54, 1.807) is 17.5 Å². The third-order valence-electron chi connectivity index (χ3n) is 5.30. The number of hydrogen-bond donors (Lipinski definition) is 3. The van der Waals surface area contributed by atoms with Crippen LogP contribution >= 0.6 is 0 Å². The molecule has 0 spiro atoms. The topological polar surface area (TPSA) is 106 Å². The third kappa shape index (κ3) is 4.17. The zero-order valence-electron chi connectivity index (χ0n) is 18.0. The molecule has 1 amide bonds. The Kier molecular flexibility index (Phi) is 5.74. The number of carbonyl (C=O) groups excluding carboxylic acids is 1. The number of anilines is 2. The molecule has 0 saturated carbocycles. The molecule has 4 aromatic rings. The summed E-state index contributed by atoms with van der Waals surface area (Å²) in [5, 5.41) is 12.5. The number of carbonyl (C=O) groups is 1. The first-order chi connectivity index (χ1) is 16.0. The maximum atomic E-state index is 15.0. The predicted molar refractivity (Wildman–Crippen MR) is 117 cm³/mol. The maximum Gasteiger partial charge on any atom is 0.416 e. The molecule has 0 saturated heterocycles. The first-order valence-corrected chi connectivity index (χ1v) is 10.0. The Morgan fingerprint density at radius 2 is 1.91 bits per heavy atom. The standard InChI is InChI=1S/C23H19F4N5O2/c1-11-10-29-21(28)19-18(30-12(2)32(11)19)16-7-6-15(9-17(16)24)31-22(34)20(33)13-4-3-5-14(8-13)23(25,26)27/h3-10,20,33H,1-2H3,(H2,28,29)(H,31,34). The van der Waals surface area contributed by atoms with E-state index in [0.29, 0.717) is 17.4 Å². The summed E-state index contributed by atoms with van der Waals surface area (Å²) in [7, 11) is 0. The van der Waals surface area contributed by atoms with Crippen molar-refractivity contribution in [1.29, 1.82) is 0 Å². The molecule has 2 aromatic carbocycles. The average molecular weight is 473 g/mol. The van der Waals surface area contributed by atoms with Crippen molar-refractivity contribution in [2.45, 2.75) is 26.1 Å². The Morgan fingerprint density at radius 1 is 1.18 bits per heavy atom. The SMILES string of the molecule is Cc1cnc(N)c2c(-c3ccc(NC(=O)C(O)c4cccc(C(F)(F)F)c4)cc3F)nc(C)n12. The van der Waals surface area contributed by atoms with Crippen molar-refractivity contribution >= 4 is 22.9 Å². The number of nitrogens with two attached hydrogens (primary N) is 1. The van der Waals surface area contributed by atoms with E-state index in [1.165, 1.54) is 18.2 Å². The van der Waals surface area contributed by atoms with Gasteiger partial charge in [0.25, 0.3) is 5.91 Å². The molecule has 34 heavy (non-hydrogen) atoms. The molecule has 2 aromatic heterocycles. The molecule has 0 aliphatic heterocycles. The molecule has 2 heterocycles. The van der Waals surface area contributed by atoms with Gasteiger partial charge >= 0.3 is 6.18 Å². The van der Waals surface area contributed by atoms with E-state index in [9.17, 15) is 23.1 Å². The molecular weight excluding hydrogens is 454 g/mol. The number of aryl methyl sites for hydroxylation is 2. The number of hydrogen-bond acceptors (Lipinski definition) is 5. The van der Waals surface area contributed by atoms with E-state index < -0.39 is 29.6 Å². The van der Waals surface area contributed by atoms with Gasteiger partial charge in [0, 0.05) is 23.1 Å². The highest BCUT2D eigenvalue weighted by atomic mass is 19.4. The molecule has 7 nitrogen and oxygen atoms in total. The largest absolute Gasteiger partial charge is 0.416 e. The van der Waals surface area contributed by atoms with Crippen molar-refractivity contribution < 1.29 is 27.5 Å². The second-order valence-electron chi connectivity index (χ2n) is 7.69. The number of nitrogen functional groups attached to an aromatic ring is 1. The van der Waals surface area contributed by atoms with Crippen molar-refractivity contribution in [3.8, 4) is 11.3 Å². The van der Waals surface area contributed by atoms with Crippen LogP contribution in [0.5, 0.6) is 0 Å². The van der Waals surface area contributed by atoms with Gasteiger partial charge in [-0.15, -0.1) is 0 Å². The van der Waals surface area contributed by atoms with Crippen LogP contribution in [0.4, 0.5) is 29.1 Å². The van der Waals surface area contributed by atoms with E-state index >= 15 is 4.39 Å². The number of nitrogens with zero attached hydrogens (tertiary/aromatic N) is 3. The van der Waals surface area contributed by atoms with Crippen LogP contribution in [0.3, 0.4) is 0 Å². The van der Waals surface area contributed by atoms with E-state index in [4.69, 9.17) is 5.73 Å². The first kappa shape index (κ1) is 23.2. The van der Waals surface area contributed by atoms with Crippen molar-refractivity contribution in [3.63, 3.8) is 0 Å². The van der Waals surface area contributed by atoms with Gasteiger partial charge < -0.3 is 16.2 Å². The van der Waals surface area contributed by atoms with Gasteiger partial charge in [-0.05, 0) is 49.7 Å². The Labute approximate surface area is 190 Å². The van der Waals surface area contributed by atoms with Gasteiger partial charge in [0.15, 0.2) is 6.10 Å². The van der Waals surface area contributed by atoms with E-state index in [2.05, 4.69) is 15.3 Å². The van der Waals surface area contributed by atoms with Crippen molar-refractivity contribution in [2.75, 3.05) is 11.1 Å². The summed E-state index contributed by atoms with van der Waals surface area (Å²) < 4.78 is 55.5. The van der Waals surface area contributed by atoms with E-state index in [1.807, 2.05) is 6.92 Å². The summed E-state index contributed by atoms with van der Waals surface area (Å²) in [5.41, 5.74) is 6.33. The fourth-order valence-corrected chi connectivity index (χ4v) is 3.70. The summed E-state index contributed by atoms with van der Waals surface area (Å²) in [5.74, 6) is -0.995. The number of benzene rings is 2. The highest BCUT2D eigenvalue weighted by Gasteiger charge is 2.31. The van der Waals surface area contributed by atoms with Gasteiger partial charge in [-0.25, -0.2) is 14.4 Å². The lowest BCUT2D eigenvalue weighted by molar-refractivity contribution is -0.138. The summed E-state index contributed by atoms with van der Waals surface area (Å²) >= 11 is 0. The molecule has 1 unspecified atom stereocenters. The monoisotopic (exact) mass is 473 g/mol. The molecule has 4 rings (SSSR count). The third-order valence-corrected chi connectivity index (χ3v) is 5.30. The number of rotatable bonds is 4. The molecule has 11 heteroatoms. The maximum absolute atomic E-state index is 15.0. The number of nitrogens with one attached hydrogen (secondary N) is 1. The summed E-state index contributed by atoms with van der Waals surface area (Å²) in [4.78, 5) is 20.9. The van der Waals surface area contributed by atoms with Gasteiger partial charge in [-0.3, -0.25) is 9.20 Å². The van der Waals surface area contributed by atoms with Crippen molar-refractivity contribution in [1.82, 2.24) is 14.4 Å². The van der Waals surface area contributed by atoms with Crippen molar-refractivity contribution in [2.24, 2.45) is 0 Å². The number of amides is 1. The lowest BCUT2D eigenvalue weighted by atomic mass is 10.0. The van der Waals surface area contributed by atoms with Crippen LogP contribution in [0, 0.1) is 19.7 Å². The predicted octanol–water partition coefficient (Wildman–Crippen LogP) is 4.43. The Bertz CT molecular complexity index is 1410. The first-order valence-electron chi connectivity index (χ1n) is 10.0. The second-order valence-corrected chi connectivity index (χ2v) is 7.69. The van der Waals surface area contributed by atoms with Gasteiger partial charge in [-0.1, -0.05) is 12.1 Å². The zero-order chi connectivity index (χ0) is 24.8. The molecule has 176 valence electrons. The minimum atomic E-state index is -4.63. The van der Waals surface area contributed by atoms with Crippen LogP contribution in [0.1, 0.15) is 28.7 Å². The summed E-state index contributed by atoms with van der Waals surface area (Å²) in [6.07, 6.45) is -4.94. The molecular formula is C23H19F4N5O2. The molecule has 0 bridgehead atoms. The number of fused-ring (bicyclic) bond motifs is 1. The Balaban J connectivity index is 1.61. The molecule has 0 aliphatic rings. The van der Waals surface area contributed by atoms with Gasteiger partial charge in [0.2, 0.25) is 0 Å². The normalized spacial score (nSPS) is 12.7. The fourth-order valence-electron chi connectivity index (χ4n) is 3.70.